The first-order chi connectivity index (χ1) is 14.0. The van der Waals surface area contributed by atoms with E-state index in [1.807, 2.05) is 42.5 Å². The van der Waals surface area contributed by atoms with Crippen molar-refractivity contribution in [3.05, 3.63) is 89.7 Å². The molecule has 1 unspecified atom stereocenters. The molecule has 0 amide bonds. The van der Waals surface area contributed by atoms with Gasteiger partial charge in [0.15, 0.2) is 11.6 Å². The van der Waals surface area contributed by atoms with E-state index in [0.29, 0.717) is 5.75 Å². The lowest BCUT2D eigenvalue weighted by Crippen LogP contribution is -2.19. The average molecular weight is 388 g/mol. The van der Waals surface area contributed by atoms with Gasteiger partial charge in [0.25, 0.3) is 0 Å². The summed E-state index contributed by atoms with van der Waals surface area (Å²) < 4.78 is 25.1. The molecule has 0 radical (unpaired) electrons. The normalized spacial score (nSPS) is 12.6. The van der Waals surface area contributed by atoms with Gasteiger partial charge in [0.1, 0.15) is 11.5 Å². The van der Waals surface area contributed by atoms with E-state index in [0.717, 1.165) is 36.1 Å². The largest absolute Gasteiger partial charge is 0.497 e. The summed E-state index contributed by atoms with van der Waals surface area (Å²) in [5, 5.41) is 0. The molecule has 0 N–H and O–H groups in total. The van der Waals surface area contributed by atoms with Gasteiger partial charge < -0.3 is 9.47 Å². The topological polar surface area (TPSA) is 18.5 Å². The van der Waals surface area contributed by atoms with Crippen molar-refractivity contribution in [2.45, 2.75) is 31.6 Å². The molecule has 29 heavy (non-hydrogen) atoms. The van der Waals surface area contributed by atoms with Crippen molar-refractivity contribution >= 4 is 0 Å². The number of methoxy groups -OCH3 is 1. The Morgan fingerprint density at radius 3 is 2.34 bits per heavy atom. The van der Waals surface area contributed by atoms with Crippen LogP contribution in [0.25, 0.3) is 0 Å². The number of halogens is 1. The standard InChI is InChI=1S/C26H25FO2/c1-4-26(2,21-13-15-22(28-3)16-14-21)18-8-9-20-12-17-24(27)25(19-20)29-23-10-6-5-7-11-23/h1,5-7,10-17,19H,8-9,18H2,2-3H3. The van der Waals surface area contributed by atoms with Crippen molar-refractivity contribution in [1.82, 2.24) is 0 Å². The van der Waals surface area contributed by atoms with Crippen molar-refractivity contribution < 1.29 is 13.9 Å². The number of terminal acetylenes is 1. The van der Waals surface area contributed by atoms with E-state index in [1.54, 1.807) is 31.4 Å². The molecule has 3 aromatic carbocycles. The predicted molar refractivity (Wildman–Crippen MR) is 115 cm³/mol. The molecule has 0 spiro atoms. The Labute approximate surface area is 172 Å². The zero-order valence-electron chi connectivity index (χ0n) is 16.8. The van der Waals surface area contributed by atoms with Crippen LogP contribution in [0.2, 0.25) is 0 Å². The number of rotatable bonds is 8. The molecule has 0 fully saturated rings. The number of para-hydroxylation sites is 1. The molecular weight excluding hydrogens is 363 g/mol. The summed E-state index contributed by atoms with van der Waals surface area (Å²) in [5.41, 5.74) is 1.75. The average Bonchev–Trinajstić information content (AvgIpc) is 2.76. The van der Waals surface area contributed by atoms with E-state index in [-0.39, 0.29) is 17.0 Å². The second-order valence-corrected chi connectivity index (χ2v) is 7.24. The minimum absolute atomic E-state index is 0.239. The van der Waals surface area contributed by atoms with Crippen molar-refractivity contribution in [1.29, 1.82) is 0 Å². The van der Waals surface area contributed by atoms with Gasteiger partial charge in [-0.3, -0.25) is 0 Å². The maximum Gasteiger partial charge on any atom is 0.165 e. The highest BCUT2D eigenvalue weighted by molar-refractivity contribution is 5.38. The van der Waals surface area contributed by atoms with Gasteiger partial charge in [0, 0.05) is 0 Å². The molecule has 0 aliphatic rings. The molecule has 3 aromatic rings. The lowest BCUT2D eigenvalue weighted by molar-refractivity contribution is 0.414. The van der Waals surface area contributed by atoms with E-state index in [4.69, 9.17) is 15.9 Å². The highest BCUT2D eigenvalue weighted by atomic mass is 19.1. The van der Waals surface area contributed by atoms with Crippen LogP contribution in [0.15, 0.2) is 72.8 Å². The number of benzene rings is 3. The lowest BCUT2D eigenvalue weighted by atomic mass is 9.78. The SMILES string of the molecule is C#CC(C)(CCCc1ccc(F)c(Oc2ccccc2)c1)c1ccc(OC)cc1. The predicted octanol–water partition coefficient (Wildman–Crippen LogP) is 6.54. The Morgan fingerprint density at radius 2 is 1.69 bits per heavy atom. The summed E-state index contributed by atoms with van der Waals surface area (Å²) in [6.45, 7) is 2.07. The molecule has 148 valence electrons. The molecule has 0 aromatic heterocycles. The first-order valence-corrected chi connectivity index (χ1v) is 9.68. The van der Waals surface area contributed by atoms with Gasteiger partial charge in [-0.2, -0.15) is 0 Å². The molecule has 0 saturated carbocycles. The van der Waals surface area contributed by atoms with Crippen LogP contribution < -0.4 is 9.47 Å². The highest BCUT2D eigenvalue weighted by Gasteiger charge is 2.23. The first kappa shape index (κ1) is 20.5. The Kier molecular flexibility index (Phi) is 6.57. The molecule has 0 heterocycles. The lowest BCUT2D eigenvalue weighted by Gasteiger charge is -2.24. The molecular formula is C26H25FO2. The van der Waals surface area contributed by atoms with Gasteiger partial charge in [-0.05, 0) is 73.7 Å². The van der Waals surface area contributed by atoms with Crippen LogP contribution in [0.1, 0.15) is 30.9 Å². The van der Waals surface area contributed by atoms with Crippen LogP contribution in [-0.2, 0) is 11.8 Å². The monoisotopic (exact) mass is 388 g/mol. The summed E-state index contributed by atoms with van der Waals surface area (Å²) in [5.74, 6) is 4.24. The number of hydrogen-bond donors (Lipinski definition) is 0. The maximum absolute atomic E-state index is 14.1. The molecule has 3 heteroatoms. The zero-order chi connectivity index (χ0) is 20.7. The fourth-order valence-corrected chi connectivity index (χ4v) is 3.30. The smallest absolute Gasteiger partial charge is 0.165 e. The fourth-order valence-electron chi connectivity index (χ4n) is 3.30. The van der Waals surface area contributed by atoms with Crippen molar-refractivity contribution in [3.63, 3.8) is 0 Å². The third-order valence-corrected chi connectivity index (χ3v) is 5.15. The summed E-state index contributed by atoms with van der Waals surface area (Å²) >= 11 is 0. The summed E-state index contributed by atoms with van der Waals surface area (Å²) in [6, 6.07) is 22.1. The Balaban J connectivity index is 1.66. The fraction of sp³-hybridized carbons (Fsp3) is 0.231. The van der Waals surface area contributed by atoms with Crippen LogP contribution in [0, 0.1) is 18.2 Å². The number of hydrogen-bond acceptors (Lipinski definition) is 2. The quantitative estimate of drug-likeness (QED) is 0.408. The molecule has 1 atom stereocenters. The molecule has 2 nitrogen and oxygen atoms in total. The Bertz CT molecular complexity index is 974. The zero-order valence-corrected chi connectivity index (χ0v) is 16.8. The van der Waals surface area contributed by atoms with Crippen LogP contribution in [0.3, 0.4) is 0 Å². The Hall–Kier alpha value is -3.25. The summed E-state index contributed by atoms with van der Waals surface area (Å²) in [6.07, 6.45) is 8.36. The van der Waals surface area contributed by atoms with Crippen LogP contribution in [0.5, 0.6) is 17.2 Å². The number of aryl methyl sites for hydroxylation is 1. The van der Waals surface area contributed by atoms with Crippen LogP contribution in [-0.4, -0.2) is 7.11 Å². The molecule has 3 rings (SSSR count). The van der Waals surface area contributed by atoms with Crippen molar-refractivity contribution in [2.75, 3.05) is 7.11 Å². The molecule has 0 aliphatic carbocycles. The van der Waals surface area contributed by atoms with Crippen LogP contribution >= 0.6 is 0 Å². The van der Waals surface area contributed by atoms with E-state index in [2.05, 4.69) is 12.8 Å². The molecule has 0 aliphatic heterocycles. The summed E-state index contributed by atoms with van der Waals surface area (Å²) in [4.78, 5) is 0. The second-order valence-electron chi connectivity index (χ2n) is 7.24. The molecule has 0 saturated heterocycles. The maximum atomic E-state index is 14.1. The van der Waals surface area contributed by atoms with Gasteiger partial charge in [0.2, 0.25) is 0 Å². The molecule has 0 bridgehead atoms. The van der Waals surface area contributed by atoms with Crippen LogP contribution in [0.4, 0.5) is 4.39 Å². The van der Waals surface area contributed by atoms with E-state index in [9.17, 15) is 4.39 Å². The van der Waals surface area contributed by atoms with E-state index >= 15 is 0 Å². The third-order valence-electron chi connectivity index (χ3n) is 5.15. The summed E-state index contributed by atoms with van der Waals surface area (Å²) in [7, 11) is 1.65. The van der Waals surface area contributed by atoms with E-state index < -0.39 is 0 Å². The second kappa shape index (κ2) is 9.30. The van der Waals surface area contributed by atoms with Crippen molar-refractivity contribution in [3.8, 4) is 29.6 Å². The van der Waals surface area contributed by atoms with Gasteiger partial charge in [0.05, 0.1) is 12.5 Å². The highest BCUT2D eigenvalue weighted by Crippen LogP contribution is 2.31. The van der Waals surface area contributed by atoms with Gasteiger partial charge >= 0.3 is 0 Å². The minimum Gasteiger partial charge on any atom is -0.497 e. The minimum atomic E-state index is -0.371. The van der Waals surface area contributed by atoms with Gasteiger partial charge in [-0.25, -0.2) is 4.39 Å². The van der Waals surface area contributed by atoms with Gasteiger partial charge in [-0.1, -0.05) is 42.3 Å². The first-order valence-electron chi connectivity index (χ1n) is 9.68. The number of ether oxygens (including phenoxy) is 2. The van der Waals surface area contributed by atoms with Crippen molar-refractivity contribution in [2.24, 2.45) is 0 Å². The van der Waals surface area contributed by atoms with E-state index in [1.165, 1.54) is 6.07 Å². The third kappa shape index (κ3) is 5.18. The van der Waals surface area contributed by atoms with Gasteiger partial charge in [-0.15, -0.1) is 6.42 Å². The Morgan fingerprint density at radius 1 is 0.966 bits per heavy atom.